The molecule has 4 nitrogen and oxygen atoms in total. The van der Waals surface area contributed by atoms with Gasteiger partial charge in [-0.05, 0) is 19.3 Å². The van der Waals surface area contributed by atoms with E-state index in [2.05, 4.69) is 0 Å². The Morgan fingerprint density at radius 1 is 1.27 bits per heavy atom. The Morgan fingerprint density at radius 3 is 2.20 bits per heavy atom. The first-order valence-electron chi connectivity index (χ1n) is 4.36. The van der Waals surface area contributed by atoms with Crippen molar-refractivity contribution in [2.75, 3.05) is 0 Å². The highest BCUT2D eigenvalue weighted by Gasteiger charge is 2.41. The summed E-state index contributed by atoms with van der Waals surface area (Å²) in [7, 11) is 0. The van der Waals surface area contributed by atoms with Crippen molar-refractivity contribution in [3.8, 4) is 0 Å². The minimum Gasteiger partial charge on any atom is -0.322 e. The summed E-state index contributed by atoms with van der Waals surface area (Å²) in [5.41, 5.74) is 10.2. The highest BCUT2D eigenvalue weighted by atomic mass is 19.4. The van der Waals surface area contributed by atoms with Gasteiger partial charge in [-0.25, -0.2) is 0 Å². The van der Waals surface area contributed by atoms with E-state index in [1.807, 2.05) is 0 Å². The zero-order chi connectivity index (χ0) is 12.1. The van der Waals surface area contributed by atoms with Crippen LogP contribution in [-0.4, -0.2) is 30.3 Å². The SMILES string of the molecule is NC(CCC[C@H](N)C=O)C(=O)C(F)(F)F. The number of Topliss-reactive ketones (excluding diaryl/α,β-unsaturated/α-hetero) is 1. The van der Waals surface area contributed by atoms with Gasteiger partial charge < -0.3 is 16.3 Å². The molecule has 0 aromatic rings. The zero-order valence-electron chi connectivity index (χ0n) is 7.96. The summed E-state index contributed by atoms with van der Waals surface area (Å²) >= 11 is 0. The van der Waals surface area contributed by atoms with Crippen LogP contribution in [0, 0.1) is 0 Å². The first-order chi connectivity index (χ1) is 6.79. The topological polar surface area (TPSA) is 86.2 Å². The van der Waals surface area contributed by atoms with Crippen LogP contribution in [0.2, 0.25) is 0 Å². The van der Waals surface area contributed by atoms with Crippen LogP contribution in [-0.2, 0) is 9.59 Å². The summed E-state index contributed by atoms with van der Waals surface area (Å²) in [4.78, 5) is 20.6. The molecule has 88 valence electrons. The van der Waals surface area contributed by atoms with Gasteiger partial charge in [0.15, 0.2) is 0 Å². The summed E-state index contributed by atoms with van der Waals surface area (Å²) in [5, 5.41) is 0. The summed E-state index contributed by atoms with van der Waals surface area (Å²) in [5.74, 6) is -1.94. The fourth-order valence-corrected chi connectivity index (χ4v) is 0.983. The minimum atomic E-state index is -4.90. The van der Waals surface area contributed by atoms with Crippen LogP contribution in [0.15, 0.2) is 0 Å². The summed E-state index contributed by atoms with van der Waals surface area (Å²) < 4.78 is 35.5. The maximum absolute atomic E-state index is 11.8. The molecular weight excluding hydrogens is 213 g/mol. The van der Waals surface area contributed by atoms with Crippen LogP contribution in [0.5, 0.6) is 0 Å². The Labute approximate surface area is 84.8 Å². The second-order valence-electron chi connectivity index (χ2n) is 3.20. The van der Waals surface area contributed by atoms with Crippen molar-refractivity contribution in [2.45, 2.75) is 37.5 Å². The third-order valence-electron chi connectivity index (χ3n) is 1.84. The van der Waals surface area contributed by atoms with Crippen molar-refractivity contribution in [3.63, 3.8) is 0 Å². The molecule has 0 heterocycles. The van der Waals surface area contributed by atoms with Gasteiger partial charge in [-0.2, -0.15) is 13.2 Å². The number of hydrogen-bond donors (Lipinski definition) is 2. The molecule has 0 radical (unpaired) electrons. The molecule has 0 aromatic heterocycles. The van der Waals surface area contributed by atoms with Crippen LogP contribution in [0.25, 0.3) is 0 Å². The molecule has 0 spiro atoms. The monoisotopic (exact) mass is 226 g/mol. The molecule has 0 saturated carbocycles. The number of alkyl halides is 3. The van der Waals surface area contributed by atoms with Gasteiger partial charge in [-0.3, -0.25) is 4.79 Å². The van der Waals surface area contributed by atoms with Crippen molar-refractivity contribution in [1.82, 2.24) is 0 Å². The standard InChI is InChI=1S/C8H13F3N2O2/c9-8(10,11)7(15)6(13)3-1-2-5(12)4-14/h4-6H,1-3,12-13H2/t5-,6?/m0/s1. The third-order valence-corrected chi connectivity index (χ3v) is 1.84. The van der Waals surface area contributed by atoms with Crippen molar-refractivity contribution in [2.24, 2.45) is 11.5 Å². The van der Waals surface area contributed by atoms with Crippen molar-refractivity contribution in [3.05, 3.63) is 0 Å². The second-order valence-corrected chi connectivity index (χ2v) is 3.20. The normalized spacial score (nSPS) is 15.8. The summed E-state index contributed by atoms with van der Waals surface area (Å²) in [6, 6.07) is -2.28. The number of hydrogen-bond acceptors (Lipinski definition) is 4. The molecule has 1 unspecified atom stereocenters. The van der Waals surface area contributed by atoms with E-state index in [-0.39, 0.29) is 19.3 Å². The van der Waals surface area contributed by atoms with Gasteiger partial charge in [0.2, 0.25) is 0 Å². The number of carbonyl (C=O) groups is 2. The Balaban J connectivity index is 3.89. The second kappa shape index (κ2) is 5.82. The van der Waals surface area contributed by atoms with Crippen LogP contribution < -0.4 is 11.5 Å². The molecule has 0 aliphatic heterocycles. The van der Waals surface area contributed by atoms with Crippen LogP contribution in [0.4, 0.5) is 13.2 Å². The Hall–Kier alpha value is -0.950. The molecule has 2 atom stereocenters. The number of halogens is 3. The lowest BCUT2D eigenvalue weighted by atomic mass is 10.0. The van der Waals surface area contributed by atoms with Gasteiger partial charge in [0, 0.05) is 0 Å². The lowest BCUT2D eigenvalue weighted by Gasteiger charge is -2.12. The van der Waals surface area contributed by atoms with Gasteiger partial charge >= 0.3 is 6.18 Å². The summed E-state index contributed by atoms with van der Waals surface area (Å²) in [6.45, 7) is 0. The number of nitrogens with two attached hydrogens (primary N) is 2. The summed E-state index contributed by atoms with van der Waals surface area (Å²) in [6.07, 6.45) is -4.09. The van der Waals surface area contributed by atoms with Crippen LogP contribution in [0.3, 0.4) is 0 Å². The molecule has 0 amide bonds. The minimum absolute atomic E-state index is 0.125. The van der Waals surface area contributed by atoms with E-state index in [1.165, 1.54) is 0 Å². The predicted octanol–water partition coefficient (Wildman–Crippen LogP) is 0.142. The Morgan fingerprint density at radius 2 is 1.80 bits per heavy atom. The smallest absolute Gasteiger partial charge is 0.322 e. The van der Waals surface area contributed by atoms with Gasteiger partial charge in [0.05, 0.1) is 12.1 Å². The van der Waals surface area contributed by atoms with E-state index in [0.717, 1.165) is 0 Å². The van der Waals surface area contributed by atoms with E-state index in [0.29, 0.717) is 6.29 Å². The Bertz CT molecular complexity index is 230. The Kier molecular flexibility index (Phi) is 5.45. The first kappa shape index (κ1) is 14.1. The van der Waals surface area contributed by atoms with Crippen molar-refractivity contribution < 1.29 is 22.8 Å². The number of carbonyl (C=O) groups excluding carboxylic acids is 2. The van der Waals surface area contributed by atoms with Gasteiger partial charge in [-0.15, -0.1) is 0 Å². The third kappa shape index (κ3) is 5.48. The first-order valence-corrected chi connectivity index (χ1v) is 4.36. The van der Waals surface area contributed by atoms with Crippen molar-refractivity contribution in [1.29, 1.82) is 0 Å². The molecule has 4 N–H and O–H groups in total. The molecule has 0 fully saturated rings. The molecule has 0 bridgehead atoms. The highest BCUT2D eigenvalue weighted by molar-refractivity contribution is 5.88. The zero-order valence-corrected chi connectivity index (χ0v) is 7.96. The van der Waals surface area contributed by atoms with E-state index < -0.39 is 24.0 Å². The van der Waals surface area contributed by atoms with Crippen LogP contribution in [0.1, 0.15) is 19.3 Å². The predicted molar refractivity (Wildman–Crippen MR) is 46.9 cm³/mol. The molecule has 7 heteroatoms. The van der Waals surface area contributed by atoms with E-state index in [1.54, 1.807) is 0 Å². The average molecular weight is 226 g/mol. The van der Waals surface area contributed by atoms with E-state index in [9.17, 15) is 22.8 Å². The largest absolute Gasteiger partial charge is 0.451 e. The molecular formula is C8H13F3N2O2. The molecule has 15 heavy (non-hydrogen) atoms. The number of ketones is 1. The fraction of sp³-hybridized carbons (Fsp3) is 0.750. The van der Waals surface area contributed by atoms with E-state index >= 15 is 0 Å². The van der Waals surface area contributed by atoms with Crippen molar-refractivity contribution >= 4 is 12.1 Å². The molecule has 0 aliphatic rings. The average Bonchev–Trinajstić information content (AvgIpc) is 2.14. The molecule has 0 aromatic carbocycles. The lowest BCUT2D eigenvalue weighted by Crippen LogP contribution is -2.40. The quantitative estimate of drug-likeness (QED) is 0.631. The van der Waals surface area contributed by atoms with E-state index in [4.69, 9.17) is 11.5 Å². The van der Waals surface area contributed by atoms with Crippen LogP contribution >= 0.6 is 0 Å². The maximum atomic E-state index is 11.8. The van der Waals surface area contributed by atoms with Gasteiger partial charge in [-0.1, -0.05) is 0 Å². The number of aldehydes is 1. The highest BCUT2D eigenvalue weighted by Crippen LogP contribution is 2.19. The molecule has 0 rings (SSSR count). The van der Waals surface area contributed by atoms with Gasteiger partial charge in [0.25, 0.3) is 5.78 Å². The maximum Gasteiger partial charge on any atom is 0.451 e. The molecule has 0 aliphatic carbocycles. The molecule has 0 saturated heterocycles. The fourth-order valence-electron chi connectivity index (χ4n) is 0.983. The van der Waals surface area contributed by atoms with Gasteiger partial charge in [0.1, 0.15) is 6.29 Å². The lowest BCUT2D eigenvalue weighted by molar-refractivity contribution is -0.172. The number of rotatable bonds is 6.